The third kappa shape index (κ3) is 3.25. The number of nitrogens with zero attached hydrogens (tertiary/aromatic N) is 2. The van der Waals surface area contributed by atoms with E-state index in [1.165, 1.54) is 30.2 Å². The summed E-state index contributed by atoms with van der Waals surface area (Å²) in [7, 11) is 0. The molecule has 5 heteroatoms. The molecule has 3 nitrogen and oxygen atoms in total. The molecule has 0 spiro atoms. The van der Waals surface area contributed by atoms with E-state index in [0.717, 1.165) is 26.0 Å². The molecule has 0 aliphatic heterocycles. The molecule has 0 radical (unpaired) electrons. The predicted molar refractivity (Wildman–Crippen MR) is 92.2 cm³/mol. The van der Waals surface area contributed by atoms with Gasteiger partial charge in [-0.2, -0.15) is 0 Å². The van der Waals surface area contributed by atoms with Crippen molar-refractivity contribution in [3.8, 4) is 0 Å². The van der Waals surface area contributed by atoms with E-state index in [4.69, 9.17) is 0 Å². The molecule has 1 fully saturated rings. The van der Waals surface area contributed by atoms with Crippen molar-refractivity contribution in [1.82, 2.24) is 10.2 Å². The van der Waals surface area contributed by atoms with E-state index in [9.17, 15) is 4.79 Å². The van der Waals surface area contributed by atoms with Gasteiger partial charge in [0, 0.05) is 11.5 Å². The van der Waals surface area contributed by atoms with E-state index >= 15 is 0 Å². The highest BCUT2D eigenvalue weighted by Crippen LogP contribution is 2.43. The molecule has 0 saturated heterocycles. The molecule has 0 unspecified atom stereocenters. The zero-order chi connectivity index (χ0) is 15.9. The number of thioether (sulfide) groups is 1. The van der Waals surface area contributed by atoms with Gasteiger partial charge in [0.2, 0.25) is 0 Å². The summed E-state index contributed by atoms with van der Waals surface area (Å²) in [6, 6.07) is 4.11. The Hall–Kier alpha value is -1.20. The Labute approximate surface area is 139 Å². The fourth-order valence-corrected chi connectivity index (χ4v) is 4.66. The first-order chi connectivity index (χ1) is 10.5. The number of benzene rings is 1. The largest absolute Gasteiger partial charge is 0.293 e. The lowest BCUT2D eigenvalue weighted by Gasteiger charge is -2.12. The topological polar surface area (TPSA) is 42.9 Å². The number of carbonyl (C=O) groups is 1. The highest BCUT2D eigenvalue weighted by Gasteiger charge is 2.28. The van der Waals surface area contributed by atoms with Crippen LogP contribution in [0.1, 0.15) is 57.7 Å². The lowest BCUT2D eigenvalue weighted by atomic mass is 9.97. The van der Waals surface area contributed by atoms with Crippen LogP contribution < -0.4 is 0 Å². The van der Waals surface area contributed by atoms with Crippen molar-refractivity contribution in [2.45, 2.75) is 56.0 Å². The number of Topliss-reactive ketones (excluding diaryl/α,β-unsaturated/α-hetero) is 1. The van der Waals surface area contributed by atoms with Crippen molar-refractivity contribution in [1.29, 1.82) is 0 Å². The van der Waals surface area contributed by atoms with Crippen LogP contribution in [-0.4, -0.2) is 21.2 Å². The Bertz CT molecular complexity index is 719. The molecule has 0 bridgehead atoms. The predicted octanol–water partition coefficient (Wildman–Crippen LogP) is 4.70. The van der Waals surface area contributed by atoms with Crippen LogP contribution in [0, 0.1) is 20.8 Å². The number of hydrogen-bond donors (Lipinski definition) is 0. The van der Waals surface area contributed by atoms with Gasteiger partial charge in [0.25, 0.3) is 0 Å². The Morgan fingerprint density at radius 2 is 1.86 bits per heavy atom. The molecule has 1 saturated carbocycles. The third-order valence-electron chi connectivity index (χ3n) is 4.10. The zero-order valence-electron chi connectivity index (χ0n) is 13.3. The van der Waals surface area contributed by atoms with Crippen LogP contribution in [0.3, 0.4) is 0 Å². The zero-order valence-corrected chi connectivity index (χ0v) is 15.0. The molecule has 22 heavy (non-hydrogen) atoms. The molecule has 1 aromatic carbocycles. The summed E-state index contributed by atoms with van der Waals surface area (Å²) in [4.78, 5) is 12.7. The van der Waals surface area contributed by atoms with Crippen molar-refractivity contribution < 1.29 is 4.79 Å². The molecule has 1 heterocycles. The van der Waals surface area contributed by atoms with Crippen molar-refractivity contribution in [2.75, 3.05) is 0 Å². The minimum atomic E-state index is -0.138. The highest BCUT2D eigenvalue weighted by atomic mass is 32.2. The van der Waals surface area contributed by atoms with Crippen LogP contribution in [0.2, 0.25) is 0 Å². The fourth-order valence-electron chi connectivity index (χ4n) is 2.41. The average molecular weight is 332 g/mol. The monoisotopic (exact) mass is 332 g/mol. The average Bonchev–Trinajstić information content (AvgIpc) is 3.22. The number of aryl methyl sites for hydroxylation is 3. The SMILES string of the molecule is Cc1cc(C)c(C(=O)[C@H](C)Sc2nnc(C3CC3)s2)cc1C. The van der Waals surface area contributed by atoms with E-state index in [1.807, 2.05) is 19.9 Å². The summed E-state index contributed by atoms with van der Waals surface area (Å²) in [5, 5.41) is 9.46. The first-order valence-electron chi connectivity index (χ1n) is 7.58. The van der Waals surface area contributed by atoms with Gasteiger partial charge in [0.05, 0.1) is 5.25 Å². The second-order valence-electron chi connectivity index (χ2n) is 6.06. The third-order valence-corrected chi connectivity index (χ3v) is 6.37. The van der Waals surface area contributed by atoms with E-state index in [0.29, 0.717) is 5.92 Å². The quantitative estimate of drug-likeness (QED) is 0.588. The van der Waals surface area contributed by atoms with Crippen molar-refractivity contribution in [3.63, 3.8) is 0 Å². The highest BCUT2D eigenvalue weighted by molar-refractivity contribution is 8.02. The summed E-state index contributed by atoms with van der Waals surface area (Å²) >= 11 is 3.17. The van der Waals surface area contributed by atoms with Gasteiger partial charge >= 0.3 is 0 Å². The summed E-state index contributed by atoms with van der Waals surface area (Å²) in [6.07, 6.45) is 2.46. The Balaban J connectivity index is 1.74. The summed E-state index contributed by atoms with van der Waals surface area (Å²) in [5.74, 6) is 0.800. The summed E-state index contributed by atoms with van der Waals surface area (Å²) in [5.41, 5.74) is 4.28. The van der Waals surface area contributed by atoms with E-state index in [1.54, 1.807) is 11.3 Å². The normalized spacial score (nSPS) is 15.8. The van der Waals surface area contributed by atoms with Gasteiger partial charge in [-0.05, 0) is 63.3 Å². The molecule has 1 atom stereocenters. The maximum atomic E-state index is 12.7. The molecular weight excluding hydrogens is 312 g/mol. The minimum absolute atomic E-state index is 0.138. The smallest absolute Gasteiger partial charge is 0.176 e. The van der Waals surface area contributed by atoms with Crippen LogP contribution in [0.15, 0.2) is 16.5 Å². The van der Waals surface area contributed by atoms with Crippen LogP contribution >= 0.6 is 23.1 Å². The van der Waals surface area contributed by atoms with Crippen LogP contribution in [0.4, 0.5) is 0 Å². The van der Waals surface area contributed by atoms with Crippen LogP contribution in [0.25, 0.3) is 0 Å². The fraction of sp³-hybridized carbons (Fsp3) is 0.471. The number of ketones is 1. The molecule has 1 aromatic heterocycles. The van der Waals surface area contributed by atoms with Crippen LogP contribution in [0.5, 0.6) is 0 Å². The van der Waals surface area contributed by atoms with E-state index in [-0.39, 0.29) is 11.0 Å². The number of aromatic nitrogens is 2. The van der Waals surface area contributed by atoms with Crippen molar-refractivity contribution in [2.24, 2.45) is 0 Å². The summed E-state index contributed by atoms with van der Waals surface area (Å²) < 4.78 is 0.907. The maximum absolute atomic E-state index is 12.7. The molecule has 2 aromatic rings. The minimum Gasteiger partial charge on any atom is -0.293 e. The second kappa shape index (κ2) is 6.13. The first kappa shape index (κ1) is 15.7. The maximum Gasteiger partial charge on any atom is 0.176 e. The Morgan fingerprint density at radius 3 is 2.55 bits per heavy atom. The molecule has 116 valence electrons. The first-order valence-corrected chi connectivity index (χ1v) is 9.27. The number of rotatable bonds is 5. The van der Waals surface area contributed by atoms with Gasteiger partial charge in [-0.15, -0.1) is 10.2 Å². The van der Waals surface area contributed by atoms with E-state index in [2.05, 4.69) is 30.1 Å². The van der Waals surface area contributed by atoms with Gasteiger partial charge < -0.3 is 0 Å². The van der Waals surface area contributed by atoms with Gasteiger partial charge in [-0.1, -0.05) is 29.2 Å². The molecule has 0 N–H and O–H groups in total. The lowest BCUT2D eigenvalue weighted by Crippen LogP contribution is -2.15. The van der Waals surface area contributed by atoms with E-state index < -0.39 is 0 Å². The van der Waals surface area contributed by atoms with Gasteiger partial charge in [0.15, 0.2) is 10.1 Å². The van der Waals surface area contributed by atoms with Gasteiger partial charge in [-0.3, -0.25) is 4.79 Å². The standard InChI is InChI=1S/C17H20N2OS2/c1-9-7-11(3)14(8-10(9)2)15(20)12(4)21-17-19-18-16(22-17)13-5-6-13/h7-8,12-13H,5-6H2,1-4H3/t12-/m0/s1. The molecule has 0 amide bonds. The van der Waals surface area contributed by atoms with Crippen molar-refractivity contribution >= 4 is 28.9 Å². The number of hydrogen-bond acceptors (Lipinski definition) is 5. The lowest BCUT2D eigenvalue weighted by molar-refractivity contribution is 0.0993. The molecule has 3 rings (SSSR count). The van der Waals surface area contributed by atoms with Gasteiger partial charge in [0.1, 0.15) is 5.01 Å². The number of carbonyl (C=O) groups excluding carboxylic acids is 1. The molecule has 1 aliphatic carbocycles. The Morgan fingerprint density at radius 1 is 1.18 bits per heavy atom. The second-order valence-corrected chi connectivity index (χ2v) is 8.65. The van der Waals surface area contributed by atoms with Crippen LogP contribution in [-0.2, 0) is 0 Å². The molecule has 1 aliphatic rings. The van der Waals surface area contributed by atoms with Gasteiger partial charge in [-0.25, -0.2) is 0 Å². The Kier molecular flexibility index (Phi) is 4.37. The summed E-state index contributed by atoms with van der Waals surface area (Å²) in [6.45, 7) is 8.10. The molecular formula is C17H20N2OS2. The van der Waals surface area contributed by atoms with Crippen molar-refractivity contribution in [3.05, 3.63) is 39.4 Å².